The zero-order valence-corrected chi connectivity index (χ0v) is 25.5. The molecule has 1 aromatic carbocycles. The van der Waals surface area contributed by atoms with E-state index < -0.39 is 66.7 Å². The minimum atomic E-state index is -4.19. The minimum absolute atomic E-state index is 0.0573. The molecule has 3 heterocycles. The summed E-state index contributed by atoms with van der Waals surface area (Å²) in [5, 5.41) is 11.5. The van der Waals surface area contributed by atoms with Crippen LogP contribution >= 0.6 is 19.2 Å². The van der Waals surface area contributed by atoms with Crippen LogP contribution in [0.25, 0.3) is 11.0 Å². The number of fused-ring (bicyclic) bond motifs is 1. The molecule has 2 unspecified atom stereocenters. The molecule has 0 bridgehead atoms. The number of benzene rings is 1. The highest BCUT2D eigenvalue weighted by Gasteiger charge is 2.62. The van der Waals surface area contributed by atoms with Crippen LogP contribution in [0.3, 0.4) is 0 Å². The second kappa shape index (κ2) is 12.0. The Morgan fingerprint density at radius 1 is 1.31 bits per heavy atom. The molecule has 4 N–H and O–H groups in total. The third-order valence-electron chi connectivity index (χ3n) is 6.82. The number of esters is 1. The monoisotopic (exact) mass is 628 g/mol. The van der Waals surface area contributed by atoms with E-state index >= 15 is 0 Å². The van der Waals surface area contributed by atoms with E-state index in [9.17, 15) is 23.7 Å². The van der Waals surface area contributed by atoms with Crippen LogP contribution in [-0.4, -0.2) is 67.2 Å². The van der Waals surface area contributed by atoms with E-state index in [-0.39, 0.29) is 28.9 Å². The Morgan fingerprint density at radius 2 is 1.98 bits per heavy atom. The van der Waals surface area contributed by atoms with E-state index in [4.69, 9.17) is 35.9 Å². The highest BCUT2D eigenvalue weighted by Crippen LogP contribution is 2.56. The van der Waals surface area contributed by atoms with Crippen molar-refractivity contribution in [3.63, 3.8) is 0 Å². The average Bonchev–Trinajstić information content (AvgIpc) is 3.42. The fraction of sp³-hybridized carbons (Fsp3) is 0.519. The second-order valence-electron chi connectivity index (χ2n) is 11.1. The van der Waals surface area contributed by atoms with Crippen molar-refractivity contribution < 1.29 is 37.4 Å². The third kappa shape index (κ3) is 6.35. The smallest absolute Gasteiger partial charge is 0.380 e. The van der Waals surface area contributed by atoms with Crippen molar-refractivity contribution in [3.05, 3.63) is 52.9 Å². The molecule has 42 heavy (non-hydrogen) atoms. The maximum Gasteiger partial charge on any atom is 0.380 e. The number of nitrogens with one attached hydrogen (secondary N) is 1. The Bertz CT molecular complexity index is 1530. The molecule has 1 saturated heterocycles. The van der Waals surface area contributed by atoms with E-state index in [0.717, 1.165) is 0 Å². The van der Waals surface area contributed by atoms with Crippen LogP contribution in [0.1, 0.15) is 40.8 Å². The summed E-state index contributed by atoms with van der Waals surface area (Å²) in [6.45, 7) is 6.62. The lowest BCUT2D eigenvalue weighted by molar-refractivity contribution is -0.151. The van der Waals surface area contributed by atoms with Gasteiger partial charge in [-0.15, -0.1) is 11.6 Å². The summed E-state index contributed by atoms with van der Waals surface area (Å²) in [5.74, 6) is -1.46. The fourth-order valence-electron chi connectivity index (χ4n) is 4.86. The summed E-state index contributed by atoms with van der Waals surface area (Å²) < 4.78 is 53.5. The van der Waals surface area contributed by atoms with Gasteiger partial charge in [-0.1, -0.05) is 25.1 Å². The first-order valence-corrected chi connectivity index (χ1v) is 15.4. The van der Waals surface area contributed by atoms with Crippen LogP contribution in [0.5, 0.6) is 5.75 Å². The fourth-order valence-corrected chi connectivity index (χ4v) is 7.40. The maximum atomic E-state index is 14.6. The maximum absolute atomic E-state index is 14.6. The molecule has 4 rings (SSSR count). The summed E-state index contributed by atoms with van der Waals surface area (Å²) in [7, 11) is -4.19. The van der Waals surface area contributed by atoms with Gasteiger partial charge in [-0.3, -0.25) is 19.1 Å². The quantitative estimate of drug-likeness (QED) is 0.159. The normalized spacial score (nSPS) is 24.9. The van der Waals surface area contributed by atoms with Crippen molar-refractivity contribution in [2.24, 2.45) is 5.92 Å². The third-order valence-corrected chi connectivity index (χ3v) is 9.56. The van der Waals surface area contributed by atoms with E-state index in [1.807, 2.05) is 0 Å². The lowest BCUT2D eigenvalue weighted by Gasteiger charge is -2.36. The summed E-state index contributed by atoms with van der Waals surface area (Å²) in [6.07, 6.45) is -3.79. The number of hydrogen-bond acceptors (Lipinski definition) is 10. The summed E-state index contributed by atoms with van der Waals surface area (Å²) in [4.78, 5) is 29.4. The zero-order chi connectivity index (χ0) is 31.0. The lowest BCUT2D eigenvalue weighted by Crippen LogP contribution is -2.50. The Hall–Kier alpha value is -2.96. The minimum Gasteiger partial charge on any atom is -0.463 e. The van der Waals surface area contributed by atoms with Gasteiger partial charge in [0.05, 0.1) is 23.6 Å². The molecule has 15 heteroatoms. The number of rotatable bonds is 11. The van der Waals surface area contributed by atoms with Gasteiger partial charge in [-0.2, -0.15) is 4.98 Å². The summed E-state index contributed by atoms with van der Waals surface area (Å²) in [6, 6.07) is 9.66. The molecule has 0 aliphatic carbocycles. The molecule has 6 atom stereocenters. The van der Waals surface area contributed by atoms with E-state index in [1.54, 1.807) is 44.2 Å². The van der Waals surface area contributed by atoms with Gasteiger partial charge in [-0.05, 0) is 45.9 Å². The molecule has 230 valence electrons. The molecule has 1 aliphatic rings. The van der Waals surface area contributed by atoms with Crippen molar-refractivity contribution in [2.45, 2.75) is 69.6 Å². The Kier molecular flexibility index (Phi) is 9.11. The number of para-hydroxylation sites is 1. The summed E-state index contributed by atoms with van der Waals surface area (Å²) >= 11 is 6.69. The van der Waals surface area contributed by atoms with Crippen molar-refractivity contribution >= 4 is 42.1 Å². The van der Waals surface area contributed by atoms with Crippen LogP contribution in [0, 0.1) is 5.92 Å². The first kappa shape index (κ1) is 32.0. The number of ether oxygens (including phenoxy) is 2. The van der Waals surface area contributed by atoms with Gasteiger partial charge in [0.1, 0.15) is 35.1 Å². The van der Waals surface area contributed by atoms with Crippen molar-refractivity contribution in [1.82, 2.24) is 14.5 Å². The number of alkyl halides is 2. The molecular weight excluding hydrogens is 594 g/mol. The van der Waals surface area contributed by atoms with Gasteiger partial charge < -0.3 is 29.4 Å². The number of halogens is 2. The first-order valence-electron chi connectivity index (χ1n) is 13.3. The standard InChI is InChI=1S/C27H35ClFN4O8P/c1-15(2)38-23(36)16(3)13-42(37,40-17-9-7-6-8-10-17)41-26(4,5)20-19(34)27(28,14-29)24(39-20)33-12-11-18-21(33)31-25(30)32-22(18)35/h6-12,15-16,19-20,24,34H,13-14H2,1-5H3,(H3,30,31,32,35)/t16-,19+,20+,24-,27?,42?/m1/s1. The molecule has 2 aromatic heterocycles. The number of aromatic amines is 1. The number of H-pyrrole nitrogens is 1. The van der Waals surface area contributed by atoms with Gasteiger partial charge in [0.2, 0.25) is 5.95 Å². The van der Waals surface area contributed by atoms with Crippen molar-refractivity contribution in [2.75, 3.05) is 18.6 Å². The highest BCUT2D eigenvalue weighted by atomic mass is 35.5. The first-order chi connectivity index (χ1) is 19.6. The number of anilines is 1. The number of aromatic nitrogens is 3. The van der Waals surface area contributed by atoms with Crippen molar-refractivity contribution in [3.8, 4) is 5.75 Å². The van der Waals surface area contributed by atoms with Gasteiger partial charge in [0.15, 0.2) is 11.9 Å². The zero-order valence-electron chi connectivity index (χ0n) is 23.8. The Balaban J connectivity index is 1.68. The van der Waals surface area contributed by atoms with E-state index in [1.165, 1.54) is 37.6 Å². The van der Waals surface area contributed by atoms with Gasteiger partial charge in [0, 0.05) is 6.20 Å². The number of carbonyl (C=O) groups excluding carboxylic acids is 1. The number of nitrogens with zero attached hydrogens (tertiary/aromatic N) is 2. The second-order valence-corrected chi connectivity index (χ2v) is 13.8. The average molecular weight is 629 g/mol. The largest absolute Gasteiger partial charge is 0.463 e. The summed E-state index contributed by atoms with van der Waals surface area (Å²) in [5.41, 5.74) is 3.63. The lowest BCUT2D eigenvalue weighted by atomic mass is 9.91. The Labute approximate surface area is 246 Å². The van der Waals surface area contributed by atoms with Crippen LogP contribution in [0.15, 0.2) is 47.4 Å². The van der Waals surface area contributed by atoms with Gasteiger partial charge >= 0.3 is 13.6 Å². The molecule has 0 amide bonds. The van der Waals surface area contributed by atoms with Crippen LogP contribution < -0.4 is 15.8 Å². The molecule has 0 spiro atoms. The van der Waals surface area contributed by atoms with Crippen LogP contribution in [-0.2, 0) is 23.4 Å². The molecule has 1 aliphatic heterocycles. The number of aliphatic hydroxyl groups excluding tert-OH is 1. The van der Waals surface area contributed by atoms with Crippen molar-refractivity contribution in [1.29, 1.82) is 0 Å². The van der Waals surface area contributed by atoms with Gasteiger partial charge in [0.25, 0.3) is 5.56 Å². The van der Waals surface area contributed by atoms with E-state index in [0.29, 0.717) is 0 Å². The van der Waals surface area contributed by atoms with Crippen LogP contribution in [0.4, 0.5) is 10.3 Å². The molecule has 0 saturated carbocycles. The number of carbonyl (C=O) groups is 1. The molecular formula is C27H35ClFN4O8P. The van der Waals surface area contributed by atoms with Crippen LogP contribution in [0.2, 0.25) is 0 Å². The number of hydrogen-bond donors (Lipinski definition) is 3. The molecule has 1 fully saturated rings. The number of nitrogen functional groups attached to an aromatic ring is 1. The number of nitrogens with two attached hydrogens (primary N) is 1. The molecule has 3 aromatic rings. The van der Waals surface area contributed by atoms with Gasteiger partial charge in [-0.25, -0.2) is 8.96 Å². The SMILES string of the molecule is CC(C)OC(=O)[C@H](C)CP(=O)(Oc1ccccc1)OC(C)(C)[C@H]1O[C@@H](n2ccc3c(=O)[nH]c(N)nc32)C(Cl)(CF)[C@H]1O. The predicted molar refractivity (Wildman–Crippen MR) is 154 cm³/mol. The Morgan fingerprint density at radius 3 is 2.60 bits per heavy atom. The number of aliphatic hydroxyl groups is 1. The highest BCUT2D eigenvalue weighted by molar-refractivity contribution is 7.54. The molecule has 12 nitrogen and oxygen atoms in total. The topological polar surface area (TPSA) is 168 Å². The molecule has 0 radical (unpaired) electrons. The van der Waals surface area contributed by atoms with E-state index in [2.05, 4.69) is 9.97 Å². The predicted octanol–water partition coefficient (Wildman–Crippen LogP) is 4.17.